The highest BCUT2D eigenvalue weighted by atomic mass is 16.3. The van der Waals surface area contributed by atoms with Gasteiger partial charge in [-0.25, -0.2) is 0 Å². The van der Waals surface area contributed by atoms with Crippen LogP contribution in [-0.2, 0) is 0 Å². The first kappa shape index (κ1) is 19.9. The number of hydrogen-bond acceptors (Lipinski definition) is 3. The number of nitrogens with zero attached hydrogens (tertiary/aromatic N) is 2. The molecule has 132 valence electrons. The van der Waals surface area contributed by atoms with Crippen molar-refractivity contribution in [2.45, 2.75) is 77.6 Å². The summed E-state index contributed by atoms with van der Waals surface area (Å²) >= 11 is 0. The third kappa shape index (κ3) is 10.6. The molecule has 1 fully saturated rings. The van der Waals surface area contributed by atoms with E-state index >= 15 is 0 Å². The molecule has 22 heavy (non-hydrogen) atoms. The molecule has 0 aromatic carbocycles. The second-order valence-electron chi connectivity index (χ2n) is 6.94. The molecule has 1 aliphatic heterocycles. The summed E-state index contributed by atoms with van der Waals surface area (Å²) in [6.07, 6.45) is 15.2. The maximum absolute atomic E-state index is 8.87. The lowest BCUT2D eigenvalue weighted by Gasteiger charge is -2.34. The van der Waals surface area contributed by atoms with Crippen LogP contribution in [0.3, 0.4) is 0 Å². The van der Waals surface area contributed by atoms with Crippen molar-refractivity contribution in [3.63, 3.8) is 0 Å². The number of aliphatic hydroxyl groups is 1. The van der Waals surface area contributed by atoms with E-state index < -0.39 is 0 Å². The molecule has 0 saturated carbocycles. The van der Waals surface area contributed by atoms with Gasteiger partial charge in [0.25, 0.3) is 0 Å². The van der Waals surface area contributed by atoms with E-state index in [0.717, 1.165) is 13.0 Å². The quantitative estimate of drug-likeness (QED) is 0.493. The third-order valence-corrected chi connectivity index (χ3v) is 4.93. The molecular formula is C19H40N2O. The zero-order chi connectivity index (χ0) is 15.9. The minimum Gasteiger partial charge on any atom is -0.396 e. The standard InChI is InChI=1S/C19H40N2O/c1-2-3-4-5-6-7-8-9-10-11-13-20-15-17-21(18-16-20)14-12-19-22/h22H,2-19H2,1H3. The van der Waals surface area contributed by atoms with E-state index in [0.29, 0.717) is 6.61 Å². The molecule has 3 heteroatoms. The lowest BCUT2D eigenvalue weighted by atomic mass is 10.1. The normalized spacial score (nSPS) is 17.2. The molecule has 1 saturated heterocycles. The molecule has 0 bridgehead atoms. The zero-order valence-electron chi connectivity index (χ0n) is 15.1. The Balaban J connectivity index is 1.82. The van der Waals surface area contributed by atoms with E-state index in [1.165, 1.54) is 96.9 Å². The predicted molar refractivity (Wildman–Crippen MR) is 96.4 cm³/mol. The molecular weight excluding hydrogens is 272 g/mol. The van der Waals surface area contributed by atoms with E-state index in [2.05, 4.69) is 16.7 Å². The monoisotopic (exact) mass is 312 g/mol. The number of piperazine rings is 1. The van der Waals surface area contributed by atoms with Gasteiger partial charge in [-0.15, -0.1) is 0 Å². The van der Waals surface area contributed by atoms with Crippen LogP contribution in [0.25, 0.3) is 0 Å². The molecule has 0 aliphatic carbocycles. The van der Waals surface area contributed by atoms with E-state index in [1.807, 2.05) is 0 Å². The summed E-state index contributed by atoms with van der Waals surface area (Å²) in [5.41, 5.74) is 0. The highest BCUT2D eigenvalue weighted by Gasteiger charge is 2.15. The van der Waals surface area contributed by atoms with Crippen LogP contribution in [0.1, 0.15) is 77.6 Å². The Bertz CT molecular complexity index is 227. The van der Waals surface area contributed by atoms with Gasteiger partial charge in [0.1, 0.15) is 0 Å². The molecule has 0 radical (unpaired) electrons. The molecule has 0 unspecified atom stereocenters. The largest absolute Gasteiger partial charge is 0.396 e. The van der Waals surface area contributed by atoms with Gasteiger partial charge in [0.15, 0.2) is 0 Å². The van der Waals surface area contributed by atoms with Crippen molar-refractivity contribution in [3.8, 4) is 0 Å². The number of hydrogen-bond donors (Lipinski definition) is 1. The molecule has 1 N–H and O–H groups in total. The Morgan fingerprint density at radius 3 is 1.45 bits per heavy atom. The van der Waals surface area contributed by atoms with Crippen LogP contribution in [0.2, 0.25) is 0 Å². The summed E-state index contributed by atoms with van der Waals surface area (Å²) in [5, 5.41) is 8.87. The SMILES string of the molecule is CCCCCCCCCCCCN1CCN(CCCO)CC1. The Hall–Kier alpha value is -0.120. The highest BCUT2D eigenvalue weighted by molar-refractivity contribution is 4.71. The van der Waals surface area contributed by atoms with Crippen LogP contribution < -0.4 is 0 Å². The number of unbranched alkanes of at least 4 members (excludes halogenated alkanes) is 9. The van der Waals surface area contributed by atoms with Crippen molar-refractivity contribution < 1.29 is 5.11 Å². The lowest BCUT2D eigenvalue weighted by molar-refractivity contribution is 0.123. The molecule has 1 heterocycles. The number of rotatable bonds is 14. The van der Waals surface area contributed by atoms with Gasteiger partial charge in [0.05, 0.1) is 0 Å². The van der Waals surface area contributed by atoms with Crippen LogP contribution in [-0.4, -0.2) is 60.8 Å². The topological polar surface area (TPSA) is 26.7 Å². The fourth-order valence-corrected chi connectivity index (χ4v) is 3.35. The summed E-state index contributed by atoms with van der Waals surface area (Å²) in [6.45, 7) is 9.82. The van der Waals surface area contributed by atoms with Crippen molar-refractivity contribution >= 4 is 0 Å². The maximum atomic E-state index is 8.87. The lowest BCUT2D eigenvalue weighted by Crippen LogP contribution is -2.46. The minimum atomic E-state index is 0.332. The van der Waals surface area contributed by atoms with Crippen LogP contribution in [0.15, 0.2) is 0 Å². The Morgan fingerprint density at radius 1 is 0.591 bits per heavy atom. The summed E-state index contributed by atoms with van der Waals surface area (Å²) in [6, 6.07) is 0. The Kier molecular flexibility index (Phi) is 13.1. The predicted octanol–water partition coefficient (Wildman–Crippen LogP) is 3.91. The van der Waals surface area contributed by atoms with Gasteiger partial charge in [0.2, 0.25) is 0 Å². The molecule has 0 atom stereocenters. The summed E-state index contributed by atoms with van der Waals surface area (Å²) in [4.78, 5) is 5.12. The molecule has 0 aromatic heterocycles. The third-order valence-electron chi connectivity index (χ3n) is 4.93. The molecule has 0 aromatic rings. The van der Waals surface area contributed by atoms with Crippen molar-refractivity contribution in [2.24, 2.45) is 0 Å². The minimum absolute atomic E-state index is 0.332. The summed E-state index contributed by atoms with van der Waals surface area (Å²) in [7, 11) is 0. The van der Waals surface area contributed by atoms with Crippen molar-refractivity contribution in [1.82, 2.24) is 9.80 Å². The Morgan fingerprint density at radius 2 is 1.00 bits per heavy atom. The van der Waals surface area contributed by atoms with Crippen molar-refractivity contribution in [3.05, 3.63) is 0 Å². The second kappa shape index (κ2) is 14.5. The Labute approximate surface area is 139 Å². The van der Waals surface area contributed by atoms with Crippen molar-refractivity contribution in [1.29, 1.82) is 0 Å². The zero-order valence-corrected chi connectivity index (χ0v) is 15.1. The van der Waals surface area contributed by atoms with Crippen LogP contribution in [0, 0.1) is 0 Å². The van der Waals surface area contributed by atoms with Crippen LogP contribution >= 0.6 is 0 Å². The van der Waals surface area contributed by atoms with E-state index in [9.17, 15) is 0 Å². The summed E-state index contributed by atoms with van der Waals surface area (Å²) in [5.74, 6) is 0. The van der Waals surface area contributed by atoms with Crippen molar-refractivity contribution in [2.75, 3.05) is 45.9 Å². The fraction of sp³-hybridized carbons (Fsp3) is 1.00. The van der Waals surface area contributed by atoms with Crippen LogP contribution in [0.5, 0.6) is 0 Å². The first-order valence-corrected chi connectivity index (χ1v) is 9.92. The second-order valence-corrected chi connectivity index (χ2v) is 6.94. The molecule has 3 nitrogen and oxygen atoms in total. The average molecular weight is 313 g/mol. The van der Waals surface area contributed by atoms with E-state index in [-0.39, 0.29) is 0 Å². The molecule has 0 amide bonds. The van der Waals surface area contributed by atoms with Crippen LogP contribution in [0.4, 0.5) is 0 Å². The molecule has 0 spiro atoms. The van der Waals surface area contributed by atoms with E-state index in [1.54, 1.807) is 0 Å². The first-order chi connectivity index (χ1) is 10.9. The van der Waals surface area contributed by atoms with Gasteiger partial charge in [-0.05, 0) is 19.4 Å². The average Bonchev–Trinajstić information content (AvgIpc) is 2.56. The van der Waals surface area contributed by atoms with Gasteiger partial charge in [0, 0.05) is 39.3 Å². The van der Waals surface area contributed by atoms with E-state index in [4.69, 9.17) is 5.11 Å². The smallest absolute Gasteiger partial charge is 0.0443 e. The fourth-order valence-electron chi connectivity index (χ4n) is 3.35. The maximum Gasteiger partial charge on any atom is 0.0443 e. The van der Waals surface area contributed by atoms with Gasteiger partial charge >= 0.3 is 0 Å². The molecule has 1 aliphatic rings. The summed E-state index contributed by atoms with van der Waals surface area (Å²) < 4.78 is 0. The van der Waals surface area contributed by atoms with Gasteiger partial charge in [-0.1, -0.05) is 64.7 Å². The van der Waals surface area contributed by atoms with Gasteiger partial charge in [-0.2, -0.15) is 0 Å². The van der Waals surface area contributed by atoms with Gasteiger partial charge in [-0.3, -0.25) is 0 Å². The molecule has 1 rings (SSSR count). The first-order valence-electron chi connectivity index (χ1n) is 9.92. The van der Waals surface area contributed by atoms with Gasteiger partial charge < -0.3 is 14.9 Å². The number of aliphatic hydroxyl groups excluding tert-OH is 1. The highest BCUT2D eigenvalue weighted by Crippen LogP contribution is 2.11.